The van der Waals surface area contributed by atoms with Crippen LogP contribution in [0.5, 0.6) is 0 Å². The van der Waals surface area contributed by atoms with E-state index in [0.29, 0.717) is 0 Å². The van der Waals surface area contributed by atoms with Crippen LogP contribution >= 0.6 is 11.9 Å². The lowest BCUT2D eigenvalue weighted by Gasteiger charge is -2.18. The van der Waals surface area contributed by atoms with Crippen LogP contribution in [0.15, 0.2) is 29.2 Å². The molecule has 0 atom stereocenters. The Morgan fingerprint density at radius 3 is 2.62 bits per heavy atom. The minimum Gasteiger partial charge on any atom is -0.386 e. The maximum atomic E-state index is 9.75. The molecule has 1 rings (SSSR count). The molecular formula is C10H15NOS. The normalized spacial score (nSPS) is 11.7. The average molecular weight is 197 g/mol. The number of hydrogen-bond donors (Lipinski definition) is 2. The molecule has 0 saturated heterocycles. The second kappa shape index (κ2) is 4.13. The van der Waals surface area contributed by atoms with Crippen molar-refractivity contribution in [2.45, 2.75) is 24.3 Å². The summed E-state index contributed by atoms with van der Waals surface area (Å²) in [6, 6.07) is 7.88. The van der Waals surface area contributed by atoms with Crippen molar-refractivity contribution in [3.63, 3.8) is 0 Å². The van der Waals surface area contributed by atoms with Gasteiger partial charge in [-0.2, -0.15) is 0 Å². The SMILES string of the molecule is CNSc1cccc(C(C)(C)O)c1. The van der Waals surface area contributed by atoms with Crippen molar-refractivity contribution in [3.8, 4) is 0 Å². The van der Waals surface area contributed by atoms with Gasteiger partial charge in [-0.25, -0.2) is 0 Å². The molecule has 0 unspecified atom stereocenters. The van der Waals surface area contributed by atoms with Gasteiger partial charge < -0.3 is 5.11 Å². The molecule has 0 bridgehead atoms. The van der Waals surface area contributed by atoms with Crippen LogP contribution < -0.4 is 4.72 Å². The monoisotopic (exact) mass is 197 g/mol. The third-order valence-corrected chi connectivity index (χ3v) is 2.45. The highest BCUT2D eigenvalue weighted by Gasteiger charge is 2.15. The highest BCUT2D eigenvalue weighted by molar-refractivity contribution is 7.97. The molecule has 0 fully saturated rings. The van der Waals surface area contributed by atoms with E-state index in [1.54, 1.807) is 25.8 Å². The number of rotatable bonds is 3. The number of benzene rings is 1. The molecule has 0 radical (unpaired) electrons. The van der Waals surface area contributed by atoms with Gasteiger partial charge in [-0.1, -0.05) is 12.1 Å². The molecule has 1 aromatic carbocycles. The lowest BCUT2D eigenvalue weighted by atomic mass is 9.99. The zero-order valence-corrected chi connectivity index (χ0v) is 8.98. The van der Waals surface area contributed by atoms with Gasteiger partial charge in [-0.3, -0.25) is 4.72 Å². The Morgan fingerprint density at radius 1 is 1.38 bits per heavy atom. The van der Waals surface area contributed by atoms with Crippen LogP contribution in [-0.4, -0.2) is 12.2 Å². The first-order valence-electron chi connectivity index (χ1n) is 4.20. The summed E-state index contributed by atoms with van der Waals surface area (Å²) >= 11 is 1.54. The van der Waals surface area contributed by atoms with Gasteiger partial charge in [0.15, 0.2) is 0 Å². The Bertz CT molecular complexity index is 280. The molecule has 0 heterocycles. The van der Waals surface area contributed by atoms with Crippen molar-refractivity contribution in [2.75, 3.05) is 7.05 Å². The third kappa shape index (κ3) is 3.03. The summed E-state index contributed by atoms with van der Waals surface area (Å²) in [6.45, 7) is 3.58. The molecular weight excluding hydrogens is 182 g/mol. The van der Waals surface area contributed by atoms with Crippen LogP contribution in [0.4, 0.5) is 0 Å². The lowest BCUT2D eigenvalue weighted by Crippen LogP contribution is -2.15. The highest BCUT2D eigenvalue weighted by atomic mass is 32.2. The molecule has 0 spiro atoms. The minimum atomic E-state index is -0.760. The minimum absolute atomic E-state index is 0.760. The second-order valence-corrected chi connectivity index (χ2v) is 4.48. The van der Waals surface area contributed by atoms with E-state index in [-0.39, 0.29) is 0 Å². The lowest BCUT2D eigenvalue weighted by molar-refractivity contribution is 0.0784. The van der Waals surface area contributed by atoms with E-state index < -0.39 is 5.60 Å². The summed E-state index contributed by atoms with van der Waals surface area (Å²) in [5.41, 5.74) is 0.178. The molecule has 72 valence electrons. The molecule has 0 aliphatic heterocycles. The molecule has 2 N–H and O–H groups in total. The summed E-state index contributed by atoms with van der Waals surface area (Å²) in [5, 5.41) is 9.75. The number of hydrogen-bond acceptors (Lipinski definition) is 3. The van der Waals surface area contributed by atoms with Crippen LogP contribution in [0.3, 0.4) is 0 Å². The quantitative estimate of drug-likeness (QED) is 0.728. The van der Waals surface area contributed by atoms with E-state index in [9.17, 15) is 5.11 Å². The van der Waals surface area contributed by atoms with E-state index in [4.69, 9.17) is 0 Å². The van der Waals surface area contributed by atoms with Gasteiger partial charge in [0.2, 0.25) is 0 Å². The largest absolute Gasteiger partial charge is 0.386 e. The van der Waals surface area contributed by atoms with Gasteiger partial charge in [0.25, 0.3) is 0 Å². The van der Waals surface area contributed by atoms with E-state index in [0.717, 1.165) is 10.5 Å². The average Bonchev–Trinajstić information content (AvgIpc) is 2.04. The first-order valence-corrected chi connectivity index (χ1v) is 5.02. The molecule has 0 aromatic heterocycles. The molecule has 0 amide bonds. The van der Waals surface area contributed by atoms with Crippen molar-refractivity contribution in [1.82, 2.24) is 4.72 Å². The van der Waals surface area contributed by atoms with Gasteiger partial charge in [0.1, 0.15) is 0 Å². The van der Waals surface area contributed by atoms with Gasteiger partial charge >= 0.3 is 0 Å². The Hall–Kier alpha value is -0.510. The Morgan fingerprint density at radius 2 is 2.08 bits per heavy atom. The molecule has 13 heavy (non-hydrogen) atoms. The summed E-state index contributed by atoms with van der Waals surface area (Å²) < 4.78 is 3.00. The summed E-state index contributed by atoms with van der Waals surface area (Å²) in [6.07, 6.45) is 0. The molecule has 3 heteroatoms. The third-order valence-electron chi connectivity index (χ3n) is 1.76. The number of aliphatic hydroxyl groups is 1. The maximum Gasteiger partial charge on any atom is 0.0840 e. The Balaban J connectivity index is 2.92. The van der Waals surface area contributed by atoms with Crippen LogP contribution in [0.2, 0.25) is 0 Å². The van der Waals surface area contributed by atoms with E-state index in [1.807, 2.05) is 31.3 Å². The van der Waals surface area contributed by atoms with Gasteiger partial charge in [0.05, 0.1) is 5.60 Å². The smallest absolute Gasteiger partial charge is 0.0840 e. The van der Waals surface area contributed by atoms with Crippen molar-refractivity contribution >= 4 is 11.9 Å². The number of nitrogens with one attached hydrogen (secondary N) is 1. The zero-order chi connectivity index (χ0) is 9.90. The molecule has 0 aliphatic carbocycles. The van der Waals surface area contributed by atoms with Crippen molar-refractivity contribution in [2.24, 2.45) is 0 Å². The predicted octanol–water partition coefficient (Wildman–Crippen LogP) is 2.14. The van der Waals surface area contributed by atoms with Gasteiger partial charge in [-0.15, -0.1) is 0 Å². The first kappa shape index (κ1) is 10.6. The molecule has 0 saturated carbocycles. The van der Waals surface area contributed by atoms with Gasteiger partial charge in [-0.05, 0) is 50.5 Å². The molecule has 1 aromatic rings. The van der Waals surface area contributed by atoms with Gasteiger partial charge in [0, 0.05) is 4.90 Å². The fraction of sp³-hybridized carbons (Fsp3) is 0.400. The van der Waals surface area contributed by atoms with Crippen LogP contribution in [0, 0.1) is 0 Å². The highest BCUT2D eigenvalue weighted by Crippen LogP contribution is 2.23. The van der Waals surface area contributed by atoms with Crippen LogP contribution in [0.25, 0.3) is 0 Å². The predicted molar refractivity (Wildman–Crippen MR) is 56.6 cm³/mol. The van der Waals surface area contributed by atoms with E-state index in [1.165, 1.54) is 0 Å². The zero-order valence-electron chi connectivity index (χ0n) is 8.16. The molecule has 2 nitrogen and oxygen atoms in total. The van der Waals surface area contributed by atoms with Crippen molar-refractivity contribution in [1.29, 1.82) is 0 Å². The van der Waals surface area contributed by atoms with Crippen molar-refractivity contribution in [3.05, 3.63) is 29.8 Å². The fourth-order valence-electron chi connectivity index (χ4n) is 1.06. The van der Waals surface area contributed by atoms with E-state index in [2.05, 4.69) is 4.72 Å². The van der Waals surface area contributed by atoms with E-state index >= 15 is 0 Å². The van der Waals surface area contributed by atoms with Crippen molar-refractivity contribution < 1.29 is 5.11 Å². The van der Waals surface area contributed by atoms with Crippen LogP contribution in [-0.2, 0) is 5.60 Å². The maximum absolute atomic E-state index is 9.75. The first-order chi connectivity index (χ1) is 6.04. The standard InChI is InChI=1S/C10H15NOS/c1-10(2,12)8-5-4-6-9(7-8)13-11-3/h4-7,11-12H,1-3H3. The topological polar surface area (TPSA) is 32.3 Å². The Kier molecular flexibility index (Phi) is 3.36. The summed E-state index contributed by atoms with van der Waals surface area (Å²) in [7, 11) is 1.88. The second-order valence-electron chi connectivity index (χ2n) is 3.39. The Labute approximate surface area is 83.5 Å². The molecule has 0 aliphatic rings. The van der Waals surface area contributed by atoms with Crippen LogP contribution in [0.1, 0.15) is 19.4 Å². The summed E-state index contributed by atoms with van der Waals surface area (Å²) in [4.78, 5) is 1.11. The fourth-order valence-corrected chi connectivity index (χ4v) is 1.63. The summed E-state index contributed by atoms with van der Waals surface area (Å²) in [5.74, 6) is 0.